The summed E-state index contributed by atoms with van der Waals surface area (Å²) in [4.78, 5) is 24.6. The van der Waals surface area contributed by atoms with Gasteiger partial charge in [0.15, 0.2) is 11.4 Å². The van der Waals surface area contributed by atoms with Crippen LogP contribution in [-0.4, -0.2) is 51.2 Å². The molecule has 2 aromatic rings. The van der Waals surface area contributed by atoms with Crippen molar-refractivity contribution in [2.24, 2.45) is 0 Å². The van der Waals surface area contributed by atoms with Gasteiger partial charge in [0.05, 0.1) is 5.69 Å². The van der Waals surface area contributed by atoms with Gasteiger partial charge in [0.2, 0.25) is 5.89 Å². The Kier molecular flexibility index (Phi) is 5.54. The fourth-order valence-electron chi connectivity index (χ4n) is 4.12. The molecule has 2 aromatic heterocycles. The predicted molar refractivity (Wildman–Crippen MR) is 107 cm³/mol. The lowest BCUT2D eigenvalue weighted by molar-refractivity contribution is -0.152. The van der Waals surface area contributed by atoms with Crippen LogP contribution in [0.2, 0.25) is 0 Å². The summed E-state index contributed by atoms with van der Waals surface area (Å²) in [5.41, 5.74) is -0.114. The van der Waals surface area contributed by atoms with Crippen molar-refractivity contribution >= 4 is 5.91 Å². The summed E-state index contributed by atoms with van der Waals surface area (Å²) in [7, 11) is 0. The summed E-state index contributed by atoms with van der Waals surface area (Å²) in [5, 5.41) is 7.43. The number of hydrogen-bond donors (Lipinski definition) is 1. The first-order valence-electron chi connectivity index (χ1n) is 10.5. The molecular weight excluding hydrogens is 370 g/mol. The molecule has 1 N–H and O–H groups in total. The molecule has 8 nitrogen and oxygen atoms in total. The first kappa shape index (κ1) is 19.8. The average Bonchev–Trinajstić information content (AvgIpc) is 3.39. The van der Waals surface area contributed by atoms with Crippen LogP contribution in [0.15, 0.2) is 22.9 Å². The molecule has 0 radical (unpaired) electrons. The summed E-state index contributed by atoms with van der Waals surface area (Å²) in [6, 6.07) is 3.53. The van der Waals surface area contributed by atoms with Crippen LogP contribution in [-0.2, 0) is 4.79 Å². The van der Waals surface area contributed by atoms with E-state index >= 15 is 0 Å². The maximum absolute atomic E-state index is 13.8. The van der Waals surface area contributed by atoms with Crippen molar-refractivity contribution in [1.82, 2.24) is 25.3 Å². The maximum Gasteiger partial charge on any atom is 0.267 e. The number of carbonyl (C=O) groups is 1. The minimum atomic E-state index is -0.900. The monoisotopic (exact) mass is 399 g/mol. The lowest BCUT2D eigenvalue weighted by Gasteiger charge is -2.40. The van der Waals surface area contributed by atoms with Gasteiger partial charge in [-0.15, -0.1) is 0 Å². The van der Waals surface area contributed by atoms with Crippen molar-refractivity contribution < 1.29 is 14.1 Å². The normalized spacial score (nSPS) is 21.5. The van der Waals surface area contributed by atoms with Crippen LogP contribution in [0.5, 0.6) is 5.75 Å². The fraction of sp³-hybridized carbons (Fsp3) is 0.619. The highest BCUT2D eigenvalue weighted by atomic mass is 16.5. The molecule has 8 heteroatoms. The number of nitrogens with zero attached hydrogens (tertiary/aromatic N) is 4. The number of nitrogens with one attached hydrogen (secondary N) is 1. The van der Waals surface area contributed by atoms with E-state index in [0.717, 1.165) is 31.6 Å². The van der Waals surface area contributed by atoms with Crippen molar-refractivity contribution in [2.75, 3.05) is 19.6 Å². The van der Waals surface area contributed by atoms with Gasteiger partial charge in [-0.2, -0.15) is 4.98 Å². The quantitative estimate of drug-likeness (QED) is 0.826. The van der Waals surface area contributed by atoms with E-state index in [2.05, 4.69) is 20.4 Å². The molecule has 2 aliphatic rings. The van der Waals surface area contributed by atoms with Crippen molar-refractivity contribution in [2.45, 2.75) is 64.0 Å². The summed E-state index contributed by atoms with van der Waals surface area (Å²) in [6.45, 7) is 8.11. The Morgan fingerprint density at radius 2 is 2.17 bits per heavy atom. The predicted octanol–water partition coefficient (Wildman–Crippen LogP) is 2.76. The van der Waals surface area contributed by atoms with E-state index in [4.69, 9.17) is 9.26 Å². The van der Waals surface area contributed by atoms with Gasteiger partial charge in [0, 0.05) is 31.5 Å². The molecule has 0 bridgehead atoms. The van der Waals surface area contributed by atoms with Crippen LogP contribution in [0.25, 0.3) is 0 Å². The van der Waals surface area contributed by atoms with E-state index in [-0.39, 0.29) is 17.9 Å². The van der Waals surface area contributed by atoms with E-state index in [0.29, 0.717) is 36.9 Å². The molecule has 156 valence electrons. The van der Waals surface area contributed by atoms with E-state index in [1.165, 1.54) is 0 Å². The number of aromatic nitrogens is 3. The van der Waals surface area contributed by atoms with Gasteiger partial charge in [-0.05, 0) is 45.0 Å². The first-order chi connectivity index (χ1) is 14.0. The third-order valence-electron chi connectivity index (χ3n) is 5.84. The third-order valence-corrected chi connectivity index (χ3v) is 5.84. The SMILES string of the molecule is Cc1ncccc1OC1(C(=O)N2CCCC2c2nc(C(C)C)no2)CCNCC1. The number of amides is 1. The largest absolute Gasteiger partial charge is 0.475 e. The van der Waals surface area contributed by atoms with E-state index in [1.807, 2.05) is 37.8 Å². The number of hydrogen-bond acceptors (Lipinski definition) is 7. The first-order valence-corrected chi connectivity index (χ1v) is 10.5. The smallest absolute Gasteiger partial charge is 0.267 e. The maximum atomic E-state index is 13.8. The minimum Gasteiger partial charge on any atom is -0.475 e. The van der Waals surface area contributed by atoms with Crippen LogP contribution in [0.4, 0.5) is 0 Å². The average molecular weight is 399 g/mol. The molecular formula is C21H29N5O3. The molecule has 0 saturated carbocycles. The third kappa shape index (κ3) is 3.85. The van der Waals surface area contributed by atoms with Crippen LogP contribution >= 0.6 is 0 Å². The number of carbonyl (C=O) groups excluding carboxylic acids is 1. The molecule has 2 aliphatic heterocycles. The highest BCUT2D eigenvalue weighted by Crippen LogP contribution is 2.37. The van der Waals surface area contributed by atoms with Gasteiger partial charge in [-0.3, -0.25) is 9.78 Å². The van der Waals surface area contributed by atoms with Gasteiger partial charge < -0.3 is 19.5 Å². The Balaban J connectivity index is 1.62. The van der Waals surface area contributed by atoms with Crippen LogP contribution in [0, 0.1) is 6.92 Å². The second-order valence-electron chi connectivity index (χ2n) is 8.24. The molecule has 0 aromatic carbocycles. The van der Waals surface area contributed by atoms with Crippen molar-refractivity contribution in [3.63, 3.8) is 0 Å². The number of aryl methyl sites for hydroxylation is 1. The van der Waals surface area contributed by atoms with Gasteiger partial charge in [-0.25, -0.2) is 0 Å². The molecule has 0 spiro atoms. The van der Waals surface area contributed by atoms with Gasteiger partial charge in [-0.1, -0.05) is 19.0 Å². The second-order valence-corrected chi connectivity index (χ2v) is 8.24. The highest BCUT2D eigenvalue weighted by Gasteiger charge is 2.48. The Bertz CT molecular complexity index is 860. The zero-order chi connectivity index (χ0) is 20.4. The van der Waals surface area contributed by atoms with Crippen LogP contribution in [0.1, 0.15) is 68.9 Å². The zero-order valence-electron chi connectivity index (χ0n) is 17.4. The molecule has 1 unspecified atom stereocenters. The number of ether oxygens (including phenoxy) is 1. The Hall–Kier alpha value is -2.48. The number of likely N-dealkylation sites (tertiary alicyclic amines) is 1. The van der Waals surface area contributed by atoms with E-state index in [1.54, 1.807) is 6.20 Å². The number of pyridine rings is 1. The van der Waals surface area contributed by atoms with Crippen LogP contribution in [0.3, 0.4) is 0 Å². The minimum absolute atomic E-state index is 0.00838. The second kappa shape index (κ2) is 8.10. The van der Waals surface area contributed by atoms with Gasteiger partial charge in [0.1, 0.15) is 11.8 Å². The molecule has 2 saturated heterocycles. The Morgan fingerprint density at radius 1 is 1.38 bits per heavy atom. The lowest BCUT2D eigenvalue weighted by Crippen LogP contribution is -2.57. The molecule has 1 atom stereocenters. The molecule has 4 heterocycles. The number of rotatable bonds is 5. The molecule has 0 aliphatic carbocycles. The summed E-state index contributed by atoms with van der Waals surface area (Å²) < 4.78 is 11.9. The van der Waals surface area contributed by atoms with Crippen molar-refractivity contribution in [3.8, 4) is 5.75 Å². The standard InChI is InChI=1S/C21H29N5O3/c1-14(2)18-24-19(29-25-18)16-6-5-13-26(16)20(27)21(8-11-22-12-9-21)28-17-7-4-10-23-15(17)3/h4,7,10,14,16,22H,5-6,8-9,11-13H2,1-3H3. The van der Waals surface area contributed by atoms with Gasteiger partial charge in [0.25, 0.3) is 5.91 Å². The van der Waals surface area contributed by atoms with Gasteiger partial charge >= 0.3 is 0 Å². The van der Waals surface area contributed by atoms with Crippen molar-refractivity contribution in [1.29, 1.82) is 0 Å². The molecule has 1 amide bonds. The van der Waals surface area contributed by atoms with E-state index < -0.39 is 5.60 Å². The molecule has 4 rings (SSSR count). The van der Waals surface area contributed by atoms with E-state index in [9.17, 15) is 4.79 Å². The summed E-state index contributed by atoms with van der Waals surface area (Å²) in [6.07, 6.45) is 4.70. The Morgan fingerprint density at radius 3 is 2.86 bits per heavy atom. The fourth-order valence-corrected chi connectivity index (χ4v) is 4.12. The van der Waals surface area contributed by atoms with Crippen molar-refractivity contribution in [3.05, 3.63) is 35.7 Å². The summed E-state index contributed by atoms with van der Waals surface area (Å²) in [5.74, 6) is 2.07. The molecule has 2 fully saturated rings. The molecule has 29 heavy (non-hydrogen) atoms. The number of piperidine rings is 1. The zero-order valence-corrected chi connectivity index (χ0v) is 17.4. The van der Waals surface area contributed by atoms with Crippen LogP contribution < -0.4 is 10.1 Å². The summed E-state index contributed by atoms with van der Waals surface area (Å²) >= 11 is 0. The highest BCUT2D eigenvalue weighted by molar-refractivity contribution is 5.86. The topological polar surface area (TPSA) is 93.4 Å². The Labute approximate surface area is 171 Å². The lowest BCUT2D eigenvalue weighted by atomic mass is 9.90.